The minimum atomic E-state index is -0.202. The van der Waals surface area contributed by atoms with Crippen molar-refractivity contribution in [2.75, 3.05) is 27.3 Å². The lowest BCUT2D eigenvalue weighted by atomic mass is 9.97. The molecule has 1 heterocycles. The zero-order valence-electron chi connectivity index (χ0n) is 12.1. The van der Waals surface area contributed by atoms with E-state index in [-0.39, 0.29) is 11.8 Å². The number of methoxy groups -OCH3 is 2. The van der Waals surface area contributed by atoms with Crippen LogP contribution in [0.4, 0.5) is 0 Å². The number of rotatable bonds is 5. The van der Waals surface area contributed by atoms with E-state index in [1.165, 1.54) is 0 Å². The Kier molecular flexibility index (Phi) is 4.84. The van der Waals surface area contributed by atoms with Crippen molar-refractivity contribution in [2.24, 2.45) is 11.7 Å². The second kappa shape index (κ2) is 6.61. The van der Waals surface area contributed by atoms with Crippen LogP contribution < -0.4 is 15.2 Å². The number of carbonyl (C=O) groups is 1. The number of ether oxygens (including phenoxy) is 2. The Morgan fingerprint density at radius 1 is 1.40 bits per heavy atom. The third-order valence-electron chi connectivity index (χ3n) is 3.79. The Morgan fingerprint density at radius 3 is 2.85 bits per heavy atom. The van der Waals surface area contributed by atoms with Crippen molar-refractivity contribution >= 4 is 5.91 Å². The van der Waals surface area contributed by atoms with Crippen LogP contribution >= 0.6 is 0 Å². The summed E-state index contributed by atoms with van der Waals surface area (Å²) in [5.41, 5.74) is 6.48. The van der Waals surface area contributed by atoms with Gasteiger partial charge in [0.05, 0.1) is 20.1 Å². The molecule has 1 amide bonds. The molecule has 1 aliphatic heterocycles. The van der Waals surface area contributed by atoms with Crippen LogP contribution in [-0.4, -0.2) is 38.1 Å². The van der Waals surface area contributed by atoms with E-state index in [9.17, 15) is 4.79 Å². The summed E-state index contributed by atoms with van der Waals surface area (Å²) in [5, 5.41) is 0. The van der Waals surface area contributed by atoms with Crippen LogP contribution in [0.3, 0.4) is 0 Å². The molecule has 2 N–H and O–H groups in total. The van der Waals surface area contributed by atoms with Gasteiger partial charge in [-0.15, -0.1) is 0 Å². The number of para-hydroxylation sites is 1. The highest BCUT2D eigenvalue weighted by Gasteiger charge is 2.24. The normalized spacial score (nSPS) is 19.6. The zero-order chi connectivity index (χ0) is 14.5. The van der Waals surface area contributed by atoms with Gasteiger partial charge in [0, 0.05) is 18.7 Å². The molecular formula is C15H22N2O3. The van der Waals surface area contributed by atoms with E-state index < -0.39 is 0 Å². The zero-order valence-corrected chi connectivity index (χ0v) is 12.1. The van der Waals surface area contributed by atoms with Gasteiger partial charge in [0.25, 0.3) is 0 Å². The topological polar surface area (TPSA) is 64.8 Å². The van der Waals surface area contributed by atoms with E-state index in [0.29, 0.717) is 0 Å². The molecule has 5 heteroatoms. The molecule has 0 aromatic heterocycles. The highest BCUT2D eigenvalue weighted by atomic mass is 16.5. The van der Waals surface area contributed by atoms with Gasteiger partial charge in [-0.05, 0) is 25.5 Å². The molecule has 5 nitrogen and oxygen atoms in total. The van der Waals surface area contributed by atoms with Gasteiger partial charge in [-0.3, -0.25) is 9.69 Å². The van der Waals surface area contributed by atoms with Crippen LogP contribution in [0.25, 0.3) is 0 Å². The molecule has 1 aromatic carbocycles. The maximum Gasteiger partial charge on any atom is 0.221 e. The van der Waals surface area contributed by atoms with Gasteiger partial charge in [-0.2, -0.15) is 0 Å². The first-order valence-electron chi connectivity index (χ1n) is 6.87. The Hall–Kier alpha value is -1.75. The number of piperidine rings is 1. The number of primary amides is 1. The van der Waals surface area contributed by atoms with Crippen molar-refractivity contribution in [1.82, 2.24) is 4.90 Å². The molecule has 20 heavy (non-hydrogen) atoms. The van der Waals surface area contributed by atoms with Crippen LogP contribution in [0.5, 0.6) is 11.5 Å². The van der Waals surface area contributed by atoms with Gasteiger partial charge >= 0.3 is 0 Å². The summed E-state index contributed by atoms with van der Waals surface area (Å²) in [6.07, 6.45) is 1.89. The van der Waals surface area contributed by atoms with E-state index in [4.69, 9.17) is 15.2 Å². The van der Waals surface area contributed by atoms with E-state index in [2.05, 4.69) is 4.90 Å². The number of hydrogen-bond donors (Lipinski definition) is 1. The molecule has 1 aromatic rings. The molecule has 110 valence electrons. The molecule has 1 aliphatic rings. The smallest absolute Gasteiger partial charge is 0.221 e. The molecule has 0 aliphatic carbocycles. The average Bonchev–Trinajstić information content (AvgIpc) is 2.47. The Balaban J connectivity index is 2.11. The Morgan fingerprint density at radius 2 is 2.20 bits per heavy atom. The summed E-state index contributed by atoms with van der Waals surface area (Å²) >= 11 is 0. The second-order valence-corrected chi connectivity index (χ2v) is 5.13. The monoisotopic (exact) mass is 278 g/mol. The van der Waals surface area contributed by atoms with Crippen LogP contribution in [0.15, 0.2) is 18.2 Å². The maximum absolute atomic E-state index is 11.3. The third kappa shape index (κ3) is 3.22. The molecule has 1 saturated heterocycles. The number of nitrogens with two attached hydrogens (primary N) is 1. The first-order chi connectivity index (χ1) is 9.65. The molecule has 0 bridgehead atoms. The fourth-order valence-corrected chi connectivity index (χ4v) is 2.75. The summed E-state index contributed by atoms with van der Waals surface area (Å²) in [6, 6.07) is 5.85. The molecule has 0 saturated carbocycles. The van der Waals surface area contributed by atoms with Crippen molar-refractivity contribution in [3.05, 3.63) is 23.8 Å². The van der Waals surface area contributed by atoms with Crippen LogP contribution in [0.2, 0.25) is 0 Å². The van der Waals surface area contributed by atoms with Crippen molar-refractivity contribution in [3.63, 3.8) is 0 Å². The number of benzene rings is 1. The average molecular weight is 278 g/mol. The summed E-state index contributed by atoms with van der Waals surface area (Å²) in [4.78, 5) is 13.6. The van der Waals surface area contributed by atoms with Gasteiger partial charge in [-0.25, -0.2) is 0 Å². The molecule has 1 fully saturated rings. The standard InChI is InChI=1S/C15H22N2O3/c1-19-13-7-3-5-11(14(13)20-2)9-17-8-4-6-12(10-17)15(16)18/h3,5,7,12H,4,6,8-10H2,1-2H3,(H2,16,18)/t12-/m0/s1. The van der Waals surface area contributed by atoms with Crippen LogP contribution in [-0.2, 0) is 11.3 Å². The molecule has 0 radical (unpaired) electrons. The fraction of sp³-hybridized carbons (Fsp3) is 0.533. The van der Waals surface area contributed by atoms with E-state index >= 15 is 0 Å². The van der Waals surface area contributed by atoms with Gasteiger partial charge in [0.15, 0.2) is 11.5 Å². The predicted molar refractivity (Wildman–Crippen MR) is 76.7 cm³/mol. The lowest BCUT2D eigenvalue weighted by Crippen LogP contribution is -2.40. The first-order valence-corrected chi connectivity index (χ1v) is 6.87. The molecule has 0 unspecified atom stereocenters. The number of hydrogen-bond acceptors (Lipinski definition) is 4. The molecule has 1 atom stereocenters. The predicted octanol–water partition coefficient (Wildman–Crippen LogP) is 1.40. The summed E-state index contributed by atoms with van der Waals surface area (Å²) < 4.78 is 10.7. The minimum Gasteiger partial charge on any atom is -0.493 e. The highest BCUT2D eigenvalue weighted by molar-refractivity contribution is 5.76. The Labute approximate surface area is 119 Å². The van der Waals surface area contributed by atoms with Crippen molar-refractivity contribution < 1.29 is 14.3 Å². The van der Waals surface area contributed by atoms with E-state index in [1.807, 2.05) is 18.2 Å². The first kappa shape index (κ1) is 14.7. The van der Waals surface area contributed by atoms with Gasteiger partial charge in [0.2, 0.25) is 5.91 Å². The summed E-state index contributed by atoms with van der Waals surface area (Å²) in [7, 11) is 3.27. The number of likely N-dealkylation sites (tertiary alicyclic amines) is 1. The fourth-order valence-electron chi connectivity index (χ4n) is 2.75. The van der Waals surface area contributed by atoms with E-state index in [1.54, 1.807) is 14.2 Å². The summed E-state index contributed by atoms with van der Waals surface area (Å²) in [6.45, 7) is 2.43. The SMILES string of the molecule is COc1cccc(CN2CCC[C@H](C(N)=O)C2)c1OC. The van der Waals surface area contributed by atoms with Crippen molar-refractivity contribution in [1.29, 1.82) is 0 Å². The maximum atomic E-state index is 11.3. The lowest BCUT2D eigenvalue weighted by molar-refractivity contribution is -0.123. The Bertz CT molecular complexity index is 476. The van der Waals surface area contributed by atoms with Gasteiger partial charge < -0.3 is 15.2 Å². The number of carbonyl (C=O) groups excluding carboxylic acids is 1. The quantitative estimate of drug-likeness (QED) is 0.884. The van der Waals surface area contributed by atoms with Crippen LogP contribution in [0.1, 0.15) is 18.4 Å². The van der Waals surface area contributed by atoms with Crippen molar-refractivity contribution in [3.8, 4) is 11.5 Å². The number of amides is 1. The molecule has 2 rings (SSSR count). The molecular weight excluding hydrogens is 256 g/mol. The second-order valence-electron chi connectivity index (χ2n) is 5.13. The van der Waals surface area contributed by atoms with Gasteiger partial charge in [-0.1, -0.05) is 12.1 Å². The third-order valence-corrected chi connectivity index (χ3v) is 3.79. The lowest BCUT2D eigenvalue weighted by Gasteiger charge is -2.31. The van der Waals surface area contributed by atoms with Gasteiger partial charge in [0.1, 0.15) is 0 Å². The van der Waals surface area contributed by atoms with Crippen molar-refractivity contribution in [2.45, 2.75) is 19.4 Å². The minimum absolute atomic E-state index is 0.0413. The van der Waals surface area contributed by atoms with E-state index in [0.717, 1.165) is 49.5 Å². The summed E-state index contributed by atoms with van der Waals surface area (Å²) in [5.74, 6) is 1.25. The largest absolute Gasteiger partial charge is 0.493 e. The molecule has 0 spiro atoms. The highest BCUT2D eigenvalue weighted by Crippen LogP contribution is 2.32. The van der Waals surface area contributed by atoms with Crippen LogP contribution in [0, 0.1) is 5.92 Å². The number of nitrogens with zero attached hydrogens (tertiary/aromatic N) is 1.